The topological polar surface area (TPSA) is 86.2 Å². The fourth-order valence-electron chi connectivity index (χ4n) is 2.27. The lowest BCUT2D eigenvalue weighted by Crippen LogP contribution is -2.16. The van der Waals surface area contributed by atoms with E-state index in [9.17, 15) is 14.9 Å². The van der Waals surface area contributed by atoms with Crippen LogP contribution < -0.4 is 5.73 Å². The Morgan fingerprint density at radius 3 is 2.45 bits per heavy atom. The highest BCUT2D eigenvalue weighted by molar-refractivity contribution is 6.42. The summed E-state index contributed by atoms with van der Waals surface area (Å²) in [6.45, 7) is 1.61. The van der Waals surface area contributed by atoms with Crippen LogP contribution in [0.4, 0.5) is 5.69 Å². The van der Waals surface area contributed by atoms with E-state index in [4.69, 9.17) is 28.9 Å². The van der Waals surface area contributed by atoms with Gasteiger partial charge in [0.2, 0.25) is 5.91 Å². The molecule has 0 heterocycles. The maximum absolute atomic E-state index is 11.6. The van der Waals surface area contributed by atoms with E-state index in [-0.39, 0.29) is 23.2 Å². The van der Waals surface area contributed by atoms with Crippen LogP contribution in [0, 0.1) is 17.0 Å². The third kappa shape index (κ3) is 3.21. The Morgan fingerprint density at radius 1 is 1.23 bits per heavy atom. The van der Waals surface area contributed by atoms with Gasteiger partial charge in [-0.3, -0.25) is 14.9 Å². The second-order valence-electron chi connectivity index (χ2n) is 4.80. The highest BCUT2D eigenvalue weighted by Gasteiger charge is 2.23. The van der Waals surface area contributed by atoms with Gasteiger partial charge in [0.1, 0.15) is 0 Å². The molecule has 22 heavy (non-hydrogen) atoms. The molecule has 0 atom stereocenters. The summed E-state index contributed by atoms with van der Waals surface area (Å²) in [6.07, 6.45) is 0.160. The molecule has 0 fully saturated rings. The number of nitro benzene ring substituents is 1. The van der Waals surface area contributed by atoms with Crippen molar-refractivity contribution in [3.8, 4) is 0 Å². The standard InChI is InChI=1S/C15H12Cl2N2O3/c1-8-2-4-10(15(18)20)11(14(8)19(21)22)6-9-3-5-12(16)13(17)7-9/h2-5,7H,6H2,1H3,(H2,18,20). The maximum Gasteiger partial charge on any atom is 0.276 e. The van der Waals surface area contributed by atoms with Crippen molar-refractivity contribution in [2.24, 2.45) is 5.73 Å². The smallest absolute Gasteiger partial charge is 0.276 e. The minimum absolute atomic E-state index is 0.109. The van der Waals surface area contributed by atoms with Gasteiger partial charge in [-0.05, 0) is 30.7 Å². The van der Waals surface area contributed by atoms with Gasteiger partial charge in [0.15, 0.2) is 0 Å². The third-order valence-electron chi connectivity index (χ3n) is 3.30. The van der Waals surface area contributed by atoms with Crippen LogP contribution in [0.25, 0.3) is 0 Å². The zero-order valence-electron chi connectivity index (χ0n) is 11.6. The van der Waals surface area contributed by atoms with Gasteiger partial charge in [-0.15, -0.1) is 0 Å². The summed E-state index contributed by atoms with van der Waals surface area (Å²) in [5, 5.41) is 12.1. The van der Waals surface area contributed by atoms with Crippen molar-refractivity contribution in [1.29, 1.82) is 0 Å². The minimum atomic E-state index is -0.710. The maximum atomic E-state index is 11.6. The van der Waals surface area contributed by atoms with Crippen molar-refractivity contribution < 1.29 is 9.72 Å². The van der Waals surface area contributed by atoms with E-state index in [0.29, 0.717) is 21.2 Å². The Bertz CT molecular complexity index is 776. The van der Waals surface area contributed by atoms with Crippen LogP contribution in [0.15, 0.2) is 30.3 Å². The zero-order valence-corrected chi connectivity index (χ0v) is 13.1. The first-order chi connectivity index (χ1) is 10.3. The number of primary amides is 1. The number of halogens is 2. The number of benzene rings is 2. The first-order valence-electron chi connectivity index (χ1n) is 6.32. The molecule has 0 unspecified atom stereocenters. The summed E-state index contributed by atoms with van der Waals surface area (Å²) in [6, 6.07) is 7.92. The molecule has 0 aliphatic rings. The molecule has 0 saturated carbocycles. The van der Waals surface area contributed by atoms with E-state index < -0.39 is 10.8 Å². The zero-order chi connectivity index (χ0) is 16.4. The first kappa shape index (κ1) is 16.3. The largest absolute Gasteiger partial charge is 0.366 e. The van der Waals surface area contributed by atoms with Gasteiger partial charge < -0.3 is 5.73 Å². The number of nitrogens with zero attached hydrogens (tertiary/aromatic N) is 1. The Kier molecular flexibility index (Phi) is 4.68. The molecule has 0 aromatic heterocycles. The van der Waals surface area contributed by atoms with Gasteiger partial charge in [0, 0.05) is 23.1 Å². The van der Waals surface area contributed by atoms with Gasteiger partial charge in [-0.25, -0.2) is 0 Å². The SMILES string of the molecule is Cc1ccc(C(N)=O)c(Cc2ccc(Cl)c(Cl)c2)c1[N+](=O)[O-]. The third-order valence-corrected chi connectivity index (χ3v) is 4.04. The van der Waals surface area contributed by atoms with Crippen LogP contribution in [0.2, 0.25) is 10.0 Å². The second kappa shape index (κ2) is 6.34. The summed E-state index contributed by atoms with van der Waals surface area (Å²) < 4.78 is 0. The number of rotatable bonds is 4. The molecule has 2 rings (SSSR count). The number of hydrogen-bond acceptors (Lipinski definition) is 3. The molecule has 1 amide bonds. The van der Waals surface area contributed by atoms with Crippen molar-refractivity contribution in [1.82, 2.24) is 0 Å². The first-order valence-corrected chi connectivity index (χ1v) is 7.07. The van der Waals surface area contributed by atoms with E-state index in [1.165, 1.54) is 12.1 Å². The molecular weight excluding hydrogens is 327 g/mol. The summed E-state index contributed by atoms with van der Waals surface area (Å²) >= 11 is 11.8. The van der Waals surface area contributed by atoms with Gasteiger partial charge >= 0.3 is 0 Å². The predicted octanol–water partition coefficient (Wildman–Crippen LogP) is 3.90. The van der Waals surface area contributed by atoms with Crippen LogP contribution in [-0.2, 0) is 6.42 Å². The quantitative estimate of drug-likeness (QED) is 0.677. The van der Waals surface area contributed by atoms with Gasteiger partial charge in [0.05, 0.1) is 15.0 Å². The molecule has 2 aromatic carbocycles. The van der Waals surface area contributed by atoms with Gasteiger partial charge in [-0.2, -0.15) is 0 Å². The molecule has 0 saturated heterocycles. The molecular formula is C15H12Cl2N2O3. The molecule has 5 nitrogen and oxygen atoms in total. The van der Waals surface area contributed by atoms with Crippen molar-refractivity contribution in [3.63, 3.8) is 0 Å². The highest BCUT2D eigenvalue weighted by atomic mass is 35.5. The van der Waals surface area contributed by atoms with E-state index in [2.05, 4.69) is 0 Å². The normalized spacial score (nSPS) is 10.5. The Morgan fingerprint density at radius 2 is 1.91 bits per heavy atom. The van der Waals surface area contributed by atoms with Crippen molar-refractivity contribution >= 4 is 34.8 Å². The number of carbonyl (C=O) groups is 1. The van der Waals surface area contributed by atoms with Crippen molar-refractivity contribution in [2.75, 3.05) is 0 Å². The summed E-state index contributed by atoms with van der Waals surface area (Å²) in [4.78, 5) is 22.4. The average molecular weight is 339 g/mol. The number of aryl methyl sites for hydroxylation is 1. The van der Waals surface area contributed by atoms with E-state index >= 15 is 0 Å². The fraction of sp³-hybridized carbons (Fsp3) is 0.133. The number of nitro groups is 1. The summed E-state index contributed by atoms with van der Waals surface area (Å²) in [7, 11) is 0. The van der Waals surface area contributed by atoms with Crippen LogP contribution in [0.5, 0.6) is 0 Å². The van der Waals surface area contributed by atoms with E-state index in [1.54, 1.807) is 25.1 Å². The van der Waals surface area contributed by atoms with Crippen molar-refractivity contribution in [2.45, 2.75) is 13.3 Å². The highest BCUT2D eigenvalue weighted by Crippen LogP contribution is 2.30. The molecule has 0 radical (unpaired) electrons. The Labute approximate surface area is 136 Å². The molecule has 0 spiro atoms. The lowest BCUT2D eigenvalue weighted by Gasteiger charge is -2.10. The average Bonchev–Trinajstić information content (AvgIpc) is 2.42. The second-order valence-corrected chi connectivity index (χ2v) is 5.62. The van der Waals surface area contributed by atoms with E-state index in [0.717, 1.165) is 0 Å². The fourth-order valence-corrected chi connectivity index (χ4v) is 2.59. The summed E-state index contributed by atoms with van der Waals surface area (Å²) in [5.41, 5.74) is 6.79. The molecule has 2 N–H and O–H groups in total. The Balaban J connectivity index is 2.61. The van der Waals surface area contributed by atoms with E-state index in [1.807, 2.05) is 0 Å². The molecule has 2 aromatic rings. The molecule has 114 valence electrons. The minimum Gasteiger partial charge on any atom is -0.366 e. The summed E-state index contributed by atoms with van der Waals surface area (Å²) in [5.74, 6) is -0.710. The monoisotopic (exact) mass is 338 g/mol. The molecule has 0 aliphatic heterocycles. The number of carbonyl (C=O) groups excluding carboxylic acids is 1. The lowest BCUT2D eigenvalue weighted by atomic mass is 9.95. The van der Waals surface area contributed by atoms with Gasteiger partial charge in [0.25, 0.3) is 5.69 Å². The van der Waals surface area contributed by atoms with Crippen LogP contribution in [-0.4, -0.2) is 10.8 Å². The predicted molar refractivity (Wildman–Crippen MR) is 85.6 cm³/mol. The lowest BCUT2D eigenvalue weighted by molar-refractivity contribution is -0.386. The number of amides is 1. The van der Waals surface area contributed by atoms with Crippen LogP contribution >= 0.6 is 23.2 Å². The molecule has 0 bridgehead atoms. The van der Waals surface area contributed by atoms with Crippen LogP contribution in [0.1, 0.15) is 27.0 Å². The molecule has 7 heteroatoms. The molecule has 0 aliphatic carbocycles. The van der Waals surface area contributed by atoms with Crippen LogP contribution in [0.3, 0.4) is 0 Å². The van der Waals surface area contributed by atoms with Crippen molar-refractivity contribution in [3.05, 3.63) is 72.7 Å². The Hall–Kier alpha value is -2.11. The number of nitrogens with two attached hydrogens (primary N) is 1. The number of hydrogen-bond donors (Lipinski definition) is 1. The van der Waals surface area contributed by atoms with Gasteiger partial charge in [-0.1, -0.05) is 35.3 Å².